The zero-order valence-corrected chi connectivity index (χ0v) is 7.97. The average molecular weight is 190 g/mol. The monoisotopic (exact) mass is 190 g/mol. The number of anilines is 1. The van der Waals surface area contributed by atoms with Crippen LogP contribution < -0.4 is 5.32 Å². The van der Waals surface area contributed by atoms with Crippen LogP contribution in [0.2, 0.25) is 0 Å². The van der Waals surface area contributed by atoms with Crippen LogP contribution in [0.15, 0.2) is 29.8 Å². The predicted molar refractivity (Wildman–Crippen MR) is 55.2 cm³/mol. The molecule has 0 fully saturated rings. The van der Waals surface area contributed by atoms with Gasteiger partial charge in [-0.1, -0.05) is 0 Å². The summed E-state index contributed by atoms with van der Waals surface area (Å²) in [7, 11) is 0. The van der Waals surface area contributed by atoms with Gasteiger partial charge in [0.25, 0.3) is 0 Å². The summed E-state index contributed by atoms with van der Waals surface area (Å²) in [5.74, 6) is 0. The molecule has 0 aromatic carbocycles. The van der Waals surface area contributed by atoms with Gasteiger partial charge >= 0.3 is 0 Å². The fourth-order valence-electron chi connectivity index (χ4n) is 1.73. The van der Waals surface area contributed by atoms with Crippen molar-refractivity contribution < 1.29 is 0 Å². The van der Waals surface area contributed by atoms with E-state index < -0.39 is 0 Å². The van der Waals surface area contributed by atoms with Gasteiger partial charge in [-0.25, -0.2) is 0 Å². The van der Waals surface area contributed by atoms with Gasteiger partial charge in [-0.3, -0.25) is 0 Å². The molecule has 2 nitrogen and oxygen atoms in total. The molecule has 0 radical (unpaired) electrons. The Labute approximate surface area is 80.8 Å². The molecular formula is C10H10N2S. The van der Waals surface area contributed by atoms with Gasteiger partial charge in [0, 0.05) is 17.5 Å². The van der Waals surface area contributed by atoms with Crippen molar-refractivity contribution in [3.63, 3.8) is 0 Å². The molecule has 0 saturated carbocycles. The first kappa shape index (κ1) is 7.21. The molecule has 0 atom stereocenters. The minimum atomic E-state index is 0.945. The molecule has 0 aliphatic carbocycles. The minimum absolute atomic E-state index is 0.945. The van der Waals surface area contributed by atoms with Crippen LogP contribution >= 0.6 is 11.3 Å². The molecule has 3 heterocycles. The highest BCUT2D eigenvalue weighted by Gasteiger charge is 2.11. The molecule has 1 N–H and O–H groups in total. The van der Waals surface area contributed by atoms with E-state index in [9.17, 15) is 0 Å². The van der Waals surface area contributed by atoms with Crippen molar-refractivity contribution in [2.75, 3.05) is 5.32 Å². The first-order chi connectivity index (χ1) is 6.43. The Morgan fingerprint density at radius 2 is 2.38 bits per heavy atom. The number of rotatable bonds is 0. The van der Waals surface area contributed by atoms with Crippen LogP contribution in [-0.2, 0) is 13.1 Å². The molecule has 0 saturated heterocycles. The Morgan fingerprint density at radius 1 is 1.38 bits per heavy atom. The standard InChI is InChI=1S/C10H10N2S/c1-2-9-6-11-10-8(3-5-13-10)7-12(9)4-1/h1-5,11H,6-7H2. The third kappa shape index (κ3) is 1.08. The van der Waals surface area contributed by atoms with Crippen molar-refractivity contribution in [2.45, 2.75) is 13.1 Å². The summed E-state index contributed by atoms with van der Waals surface area (Å²) in [5, 5.41) is 6.91. The normalized spacial score (nSPS) is 14.2. The molecule has 2 aromatic rings. The maximum Gasteiger partial charge on any atom is 0.0936 e. The van der Waals surface area contributed by atoms with Gasteiger partial charge in [0.15, 0.2) is 0 Å². The van der Waals surface area contributed by atoms with Gasteiger partial charge < -0.3 is 9.88 Å². The van der Waals surface area contributed by atoms with E-state index in [-0.39, 0.29) is 0 Å². The van der Waals surface area contributed by atoms with Gasteiger partial charge in [0.2, 0.25) is 0 Å². The largest absolute Gasteiger partial charge is 0.371 e. The van der Waals surface area contributed by atoms with Crippen molar-refractivity contribution in [1.82, 2.24) is 4.57 Å². The summed E-state index contributed by atoms with van der Waals surface area (Å²) in [6.07, 6.45) is 2.14. The second-order valence-corrected chi connectivity index (χ2v) is 4.17. The number of aromatic nitrogens is 1. The minimum Gasteiger partial charge on any atom is -0.371 e. The lowest BCUT2D eigenvalue weighted by atomic mass is 10.3. The zero-order valence-electron chi connectivity index (χ0n) is 7.16. The number of hydrogen-bond donors (Lipinski definition) is 1. The van der Waals surface area contributed by atoms with Crippen molar-refractivity contribution in [3.05, 3.63) is 41.0 Å². The zero-order chi connectivity index (χ0) is 8.67. The highest BCUT2D eigenvalue weighted by molar-refractivity contribution is 7.14. The number of nitrogens with one attached hydrogen (secondary N) is 1. The van der Waals surface area contributed by atoms with E-state index in [1.807, 2.05) is 0 Å². The maximum atomic E-state index is 3.45. The van der Waals surface area contributed by atoms with Crippen LogP contribution in [-0.4, -0.2) is 4.57 Å². The van der Waals surface area contributed by atoms with Crippen molar-refractivity contribution >= 4 is 16.3 Å². The van der Waals surface area contributed by atoms with E-state index in [0.717, 1.165) is 13.1 Å². The van der Waals surface area contributed by atoms with E-state index in [1.54, 1.807) is 11.3 Å². The average Bonchev–Trinajstić information content (AvgIpc) is 2.72. The van der Waals surface area contributed by atoms with Crippen molar-refractivity contribution in [3.8, 4) is 0 Å². The number of hydrogen-bond acceptors (Lipinski definition) is 2. The predicted octanol–water partition coefficient (Wildman–Crippen LogP) is 2.52. The fraction of sp³-hybridized carbons (Fsp3) is 0.200. The Kier molecular flexibility index (Phi) is 1.46. The Morgan fingerprint density at radius 3 is 3.38 bits per heavy atom. The van der Waals surface area contributed by atoms with Crippen molar-refractivity contribution in [2.24, 2.45) is 0 Å². The van der Waals surface area contributed by atoms with Gasteiger partial charge in [-0.05, 0) is 23.6 Å². The van der Waals surface area contributed by atoms with Crippen LogP contribution in [0.25, 0.3) is 0 Å². The smallest absolute Gasteiger partial charge is 0.0936 e. The third-order valence-corrected chi connectivity index (χ3v) is 3.36. The Hall–Kier alpha value is -1.22. The first-order valence-corrected chi connectivity index (χ1v) is 5.26. The lowest BCUT2D eigenvalue weighted by molar-refractivity contribution is 0.773. The molecule has 0 spiro atoms. The summed E-state index contributed by atoms with van der Waals surface area (Å²) in [6.45, 7) is 1.95. The van der Waals surface area contributed by atoms with Crippen LogP contribution in [0, 0.1) is 0 Å². The van der Waals surface area contributed by atoms with E-state index >= 15 is 0 Å². The summed E-state index contributed by atoms with van der Waals surface area (Å²) >= 11 is 1.79. The third-order valence-electron chi connectivity index (χ3n) is 2.44. The SMILES string of the molecule is c1cc2n(c1)Cc1ccsc1NC2. The van der Waals surface area contributed by atoms with E-state index in [0.29, 0.717) is 0 Å². The topological polar surface area (TPSA) is 17.0 Å². The quantitative estimate of drug-likeness (QED) is 0.675. The molecule has 0 unspecified atom stereocenters. The second kappa shape index (κ2) is 2.64. The highest BCUT2D eigenvalue weighted by Crippen LogP contribution is 2.27. The summed E-state index contributed by atoms with van der Waals surface area (Å²) < 4.78 is 2.30. The number of fused-ring (bicyclic) bond motifs is 2. The molecule has 0 bridgehead atoms. The number of thiophene rings is 1. The maximum absolute atomic E-state index is 3.45. The molecule has 66 valence electrons. The first-order valence-electron chi connectivity index (χ1n) is 4.38. The summed E-state index contributed by atoms with van der Waals surface area (Å²) in [6, 6.07) is 6.47. The van der Waals surface area contributed by atoms with Crippen LogP contribution in [0.5, 0.6) is 0 Å². The molecule has 13 heavy (non-hydrogen) atoms. The Bertz CT molecular complexity index is 387. The number of nitrogens with zero attached hydrogens (tertiary/aromatic N) is 1. The molecule has 2 aromatic heterocycles. The second-order valence-electron chi connectivity index (χ2n) is 3.26. The summed E-state index contributed by atoms with van der Waals surface area (Å²) in [5.41, 5.74) is 2.77. The van der Waals surface area contributed by atoms with Crippen molar-refractivity contribution in [1.29, 1.82) is 0 Å². The van der Waals surface area contributed by atoms with Gasteiger partial charge in [0.1, 0.15) is 0 Å². The molecular weight excluding hydrogens is 180 g/mol. The lowest BCUT2D eigenvalue weighted by Gasteiger charge is -2.02. The lowest BCUT2D eigenvalue weighted by Crippen LogP contribution is -2.00. The Balaban J connectivity index is 2.10. The van der Waals surface area contributed by atoms with Gasteiger partial charge in [-0.15, -0.1) is 11.3 Å². The molecule has 1 aliphatic rings. The van der Waals surface area contributed by atoms with E-state index in [2.05, 4.69) is 39.7 Å². The summed E-state index contributed by atoms with van der Waals surface area (Å²) in [4.78, 5) is 0. The fourth-order valence-corrected chi connectivity index (χ4v) is 2.54. The molecule has 1 aliphatic heterocycles. The van der Waals surface area contributed by atoms with E-state index in [4.69, 9.17) is 0 Å². The van der Waals surface area contributed by atoms with Gasteiger partial charge in [-0.2, -0.15) is 0 Å². The van der Waals surface area contributed by atoms with Crippen LogP contribution in [0.4, 0.5) is 5.00 Å². The van der Waals surface area contributed by atoms with Crippen LogP contribution in [0.1, 0.15) is 11.3 Å². The highest BCUT2D eigenvalue weighted by atomic mass is 32.1. The van der Waals surface area contributed by atoms with Gasteiger partial charge in [0.05, 0.1) is 18.1 Å². The van der Waals surface area contributed by atoms with E-state index in [1.165, 1.54) is 16.3 Å². The molecule has 3 heteroatoms. The molecule has 3 rings (SSSR count). The molecule has 0 amide bonds. The van der Waals surface area contributed by atoms with Crippen LogP contribution in [0.3, 0.4) is 0 Å².